The van der Waals surface area contributed by atoms with E-state index in [2.05, 4.69) is 13.8 Å². The smallest absolute Gasteiger partial charge is 0.254 e. The van der Waals surface area contributed by atoms with E-state index in [4.69, 9.17) is 14.2 Å². The van der Waals surface area contributed by atoms with Gasteiger partial charge < -0.3 is 19.1 Å². The molecule has 0 N–H and O–H groups in total. The third-order valence-corrected chi connectivity index (χ3v) is 4.58. The second-order valence-corrected chi connectivity index (χ2v) is 6.44. The highest BCUT2D eigenvalue weighted by molar-refractivity contribution is 5.96. The van der Waals surface area contributed by atoms with Crippen LogP contribution in [-0.4, -0.2) is 42.7 Å². The van der Waals surface area contributed by atoms with Gasteiger partial charge in [0, 0.05) is 17.6 Å². The van der Waals surface area contributed by atoms with Crippen LogP contribution >= 0.6 is 0 Å². The SMILES string of the molecule is CCOc1cc(C(=O)N2[C@H](C)CCC[C@@H]2C)cc(OCC)c1OCC. The average molecular weight is 349 g/mol. The van der Waals surface area contributed by atoms with Crippen LogP contribution in [0.3, 0.4) is 0 Å². The van der Waals surface area contributed by atoms with E-state index in [1.807, 2.05) is 25.7 Å². The lowest BCUT2D eigenvalue weighted by atomic mass is 9.96. The van der Waals surface area contributed by atoms with Crippen molar-refractivity contribution in [1.29, 1.82) is 0 Å². The number of carbonyl (C=O) groups excluding carboxylic acids is 1. The van der Waals surface area contributed by atoms with E-state index in [1.165, 1.54) is 6.42 Å². The standard InChI is InChI=1S/C20H31NO4/c1-6-23-17-12-16(13-18(24-7-2)19(17)25-8-3)20(22)21-14(4)10-9-11-15(21)5/h12-15H,6-11H2,1-5H3/t14-,15+. The van der Waals surface area contributed by atoms with Crippen LogP contribution < -0.4 is 14.2 Å². The molecule has 1 aromatic carbocycles. The molecule has 1 aliphatic heterocycles. The Morgan fingerprint density at radius 3 is 1.88 bits per heavy atom. The molecule has 0 aliphatic carbocycles. The lowest BCUT2D eigenvalue weighted by molar-refractivity contribution is 0.0509. The van der Waals surface area contributed by atoms with Gasteiger partial charge in [-0.25, -0.2) is 0 Å². The molecular formula is C20H31NO4. The van der Waals surface area contributed by atoms with Crippen molar-refractivity contribution in [3.8, 4) is 17.2 Å². The molecular weight excluding hydrogens is 318 g/mol. The second-order valence-electron chi connectivity index (χ2n) is 6.44. The summed E-state index contributed by atoms with van der Waals surface area (Å²) in [6, 6.07) is 4.06. The minimum Gasteiger partial charge on any atom is -0.490 e. The first-order valence-corrected chi connectivity index (χ1v) is 9.42. The van der Waals surface area contributed by atoms with Crippen molar-refractivity contribution in [2.75, 3.05) is 19.8 Å². The topological polar surface area (TPSA) is 48.0 Å². The first-order chi connectivity index (χ1) is 12.0. The Labute approximate surface area is 151 Å². The Morgan fingerprint density at radius 2 is 1.44 bits per heavy atom. The van der Waals surface area contributed by atoms with E-state index < -0.39 is 0 Å². The molecule has 0 radical (unpaired) electrons. The van der Waals surface area contributed by atoms with Crippen LogP contribution in [0.2, 0.25) is 0 Å². The molecule has 1 aromatic rings. The highest BCUT2D eigenvalue weighted by atomic mass is 16.5. The van der Waals surface area contributed by atoms with Crippen molar-refractivity contribution < 1.29 is 19.0 Å². The summed E-state index contributed by atoms with van der Waals surface area (Å²) in [7, 11) is 0. The van der Waals surface area contributed by atoms with Crippen molar-refractivity contribution >= 4 is 5.91 Å². The molecule has 0 aromatic heterocycles. The number of hydrogen-bond acceptors (Lipinski definition) is 4. The van der Waals surface area contributed by atoms with Crippen LogP contribution in [0.4, 0.5) is 0 Å². The van der Waals surface area contributed by atoms with Gasteiger partial charge in [0.25, 0.3) is 5.91 Å². The number of ether oxygens (including phenoxy) is 3. The van der Waals surface area contributed by atoms with Crippen LogP contribution in [0.25, 0.3) is 0 Å². The van der Waals surface area contributed by atoms with Crippen molar-refractivity contribution in [3.05, 3.63) is 17.7 Å². The van der Waals surface area contributed by atoms with Crippen molar-refractivity contribution in [1.82, 2.24) is 4.90 Å². The molecule has 5 heteroatoms. The fraction of sp³-hybridized carbons (Fsp3) is 0.650. The number of piperidine rings is 1. The maximum Gasteiger partial charge on any atom is 0.254 e. The molecule has 2 rings (SSSR count). The number of likely N-dealkylation sites (tertiary alicyclic amines) is 1. The number of amides is 1. The Bertz CT molecular complexity index is 550. The number of benzene rings is 1. The number of nitrogens with zero attached hydrogens (tertiary/aromatic N) is 1. The molecule has 1 aliphatic rings. The van der Waals surface area contributed by atoms with Gasteiger partial charge in [-0.05, 0) is 66.0 Å². The van der Waals surface area contributed by atoms with Gasteiger partial charge in [-0.2, -0.15) is 0 Å². The summed E-state index contributed by atoms with van der Waals surface area (Å²) in [6.07, 6.45) is 3.26. The predicted molar refractivity (Wildman–Crippen MR) is 98.9 cm³/mol. The average Bonchev–Trinajstić information content (AvgIpc) is 2.57. The second kappa shape index (κ2) is 8.97. The third-order valence-electron chi connectivity index (χ3n) is 4.58. The van der Waals surface area contributed by atoms with Crippen LogP contribution in [-0.2, 0) is 0 Å². The van der Waals surface area contributed by atoms with Crippen molar-refractivity contribution in [2.24, 2.45) is 0 Å². The molecule has 1 fully saturated rings. The fourth-order valence-electron chi connectivity index (χ4n) is 3.48. The van der Waals surface area contributed by atoms with E-state index in [0.717, 1.165) is 12.8 Å². The summed E-state index contributed by atoms with van der Waals surface area (Å²) in [6.45, 7) is 11.5. The lowest BCUT2D eigenvalue weighted by Gasteiger charge is -2.39. The summed E-state index contributed by atoms with van der Waals surface area (Å²) in [5.41, 5.74) is 0.593. The summed E-state index contributed by atoms with van der Waals surface area (Å²) >= 11 is 0. The van der Waals surface area contributed by atoms with E-state index >= 15 is 0 Å². The van der Waals surface area contributed by atoms with E-state index in [9.17, 15) is 4.79 Å². The Kier molecular flexibility index (Phi) is 6.97. The summed E-state index contributed by atoms with van der Waals surface area (Å²) in [4.78, 5) is 15.2. The zero-order valence-electron chi connectivity index (χ0n) is 16.1. The highest BCUT2D eigenvalue weighted by Gasteiger charge is 2.31. The Balaban J connectivity index is 2.43. The van der Waals surface area contributed by atoms with Crippen LogP contribution in [0, 0.1) is 0 Å². The molecule has 0 unspecified atom stereocenters. The number of hydrogen-bond donors (Lipinski definition) is 0. The molecule has 1 amide bonds. The lowest BCUT2D eigenvalue weighted by Crippen LogP contribution is -2.47. The molecule has 0 spiro atoms. The highest BCUT2D eigenvalue weighted by Crippen LogP contribution is 2.40. The third kappa shape index (κ3) is 4.39. The predicted octanol–water partition coefficient (Wildman–Crippen LogP) is 4.29. The summed E-state index contributed by atoms with van der Waals surface area (Å²) in [5.74, 6) is 1.74. The van der Waals surface area contributed by atoms with Crippen molar-refractivity contribution in [2.45, 2.75) is 66.0 Å². The molecule has 140 valence electrons. The molecule has 2 atom stereocenters. The van der Waals surface area contributed by atoms with Gasteiger partial charge in [0.1, 0.15) is 0 Å². The Morgan fingerprint density at radius 1 is 0.960 bits per heavy atom. The van der Waals surface area contributed by atoms with E-state index in [1.54, 1.807) is 12.1 Å². The van der Waals surface area contributed by atoms with Crippen molar-refractivity contribution in [3.63, 3.8) is 0 Å². The van der Waals surface area contributed by atoms with Crippen LogP contribution in [0.5, 0.6) is 17.2 Å². The van der Waals surface area contributed by atoms with Gasteiger partial charge >= 0.3 is 0 Å². The van der Waals surface area contributed by atoms with Gasteiger partial charge in [-0.3, -0.25) is 4.79 Å². The maximum atomic E-state index is 13.2. The first-order valence-electron chi connectivity index (χ1n) is 9.42. The molecule has 0 saturated carbocycles. The van der Waals surface area contributed by atoms with E-state index in [-0.39, 0.29) is 18.0 Å². The minimum atomic E-state index is 0.0321. The normalized spacial score (nSPS) is 20.3. The van der Waals surface area contributed by atoms with Gasteiger partial charge in [-0.1, -0.05) is 0 Å². The molecule has 1 heterocycles. The van der Waals surface area contributed by atoms with Gasteiger partial charge in [0.05, 0.1) is 19.8 Å². The molecule has 1 saturated heterocycles. The largest absolute Gasteiger partial charge is 0.490 e. The summed E-state index contributed by atoms with van der Waals surface area (Å²) < 4.78 is 17.2. The molecule has 0 bridgehead atoms. The minimum absolute atomic E-state index is 0.0321. The number of carbonyl (C=O) groups is 1. The maximum absolute atomic E-state index is 13.2. The van der Waals surface area contributed by atoms with Crippen LogP contribution in [0.1, 0.15) is 64.2 Å². The zero-order valence-corrected chi connectivity index (χ0v) is 16.1. The molecule has 25 heavy (non-hydrogen) atoms. The Hall–Kier alpha value is -1.91. The fourth-order valence-corrected chi connectivity index (χ4v) is 3.48. The summed E-state index contributed by atoms with van der Waals surface area (Å²) in [5, 5.41) is 0. The first kappa shape index (κ1) is 19.4. The zero-order chi connectivity index (χ0) is 18.4. The monoisotopic (exact) mass is 349 g/mol. The van der Waals surface area contributed by atoms with Crippen LogP contribution in [0.15, 0.2) is 12.1 Å². The molecule has 5 nitrogen and oxygen atoms in total. The van der Waals surface area contributed by atoms with E-state index in [0.29, 0.717) is 42.6 Å². The number of rotatable bonds is 7. The van der Waals surface area contributed by atoms with Gasteiger partial charge in [0.2, 0.25) is 5.75 Å². The van der Waals surface area contributed by atoms with Gasteiger partial charge in [0.15, 0.2) is 11.5 Å². The van der Waals surface area contributed by atoms with Gasteiger partial charge in [-0.15, -0.1) is 0 Å². The quantitative estimate of drug-likeness (QED) is 0.737.